The van der Waals surface area contributed by atoms with Gasteiger partial charge in [-0.15, -0.1) is 0 Å². The van der Waals surface area contributed by atoms with E-state index >= 15 is 0 Å². The first kappa shape index (κ1) is 17.3. The second kappa shape index (κ2) is 6.89. The summed E-state index contributed by atoms with van der Waals surface area (Å²) < 4.78 is 13.2. The molecule has 2 aromatic carbocycles. The lowest BCUT2D eigenvalue weighted by atomic mass is 10.1. The van der Waals surface area contributed by atoms with Crippen molar-refractivity contribution in [3.63, 3.8) is 0 Å². The Bertz CT molecular complexity index is 1250. The van der Waals surface area contributed by atoms with Gasteiger partial charge in [-0.25, -0.2) is 4.79 Å². The molecular formula is C21H18N2O3S. The molecule has 0 radical (unpaired) electrons. The third-order valence-electron chi connectivity index (χ3n) is 4.55. The van der Waals surface area contributed by atoms with E-state index in [1.54, 1.807) is 19.2 Å². The van der Waals surface area contributed by atoms with Gasteiger partial charge in [-0.1, -0.05) is 31.2 Å². The number of methoxy groups -OCH3 is 1. The van der Waals surface area contributed by atoms with Crippen LogP contribution >= 0.6 is 12.2 Å². The van der Waals surface area contributed by atoms with Gasteiger partial charge in [0, 0.05) is 17.3 Å². The number of aromatic amines is 1. The molecule has 4 aromatic rings. The fourth-order valence-electron chi connectivity index (χ4n) is 3.12. The number of aromatic nitrogens is 2. The quantitative estimate of drug-likeness (QED) is 0.406. The fourth-order valence-corrected chi connectivity index (χ4v) is 3.38. The minimum absolute atomic E-state index is 0.423. The van der Waals surface area contributed by atoms with Crippen molar-refractivity contribution in [1.82, 2.24) is 9.55 Å². The zero-order valence-electron chi connectivity index (χ0n) is 15.0. The highest BCUT2D eigenvalue weighted by atomic mass is 32.1. The second-order valence-corrected chi connectivity index (χ2v) is 6.58. The van der Waals surface area contributed by atoms with Crippen molar-refractivity contribution in [1.29, 1.82) is 0 Å². The smallest absolute Gasteiger partial charge is 0.345 e. The lowest BCUT2D eigenvalue weighted by Crippen LogP contribution is -2.03. The van der Waals surface area contributed by atoms with Gasteiger partial charge in [0.05, 0.1) is 18.4 Å². The Morgan fingerprint density at radius 2 is 2.00 bits per heavy atom. The molecule has 2 aromatic heterocycles. The molecule has 0 saturated carbocycles. The molecule has 0 unspecified atom stereocenters. The van der Waals surface area contributed by atoms with Crippen LogP contribution in [0.5, 0.6) is 5.75 Å². The van der Waals surface area contributed by atoms with E-state index in [4.69, 9.17) is 21.4 Å². The molecule has 2 heterocycles. The van der Waals surface area contributed by atoms with Crippen LogP contribution in [0.1, 0.15) is 12.5 Å². The normalized spacial score (nSPS) is 11.0. The molecule has 4 rings (SSSR count). The summed E-state index contributed by atoms with van der Waals surface area (Å²) in [5.74, 6) is 0.526. The maximum atomic E-state index is 12.6. The van der Waals surface area contributed by atoms with Gasteiger partial charge in [0.25, 0.3) is 0 Å². The molecule has 0 aliphatic heterocycles. The lowest BCUT2D eigenvalue weighted by Gasteiger charge is -2.05. The first-order valence-corrected chi connectivity index (χ1v) is 9.03. The van der Waals surface area contributed by atoms with Gasteiger partial charge in [0.2, 0.25) is 0 Å². The maximum Gasteiger partial charge on any atom is 0.345 e. The molecule has 0 aliphatic carbocycles. The Labute approximate surface area is 160 Å². The standard InChI is InChI=1S/C21H18N2O3S/c1-3-13-6-4-8-15(10-13)23-12-17(22-21(23)27)16-11-14-7-5-9-18(25-2)19(14)26-20(16)24/h4-12H,3H2,1-2H3,(H,22,27). The highest BCUT2D eigenvalue weighted by molar-refractivity contribution is 7.71. The van der Waals surface area contributed by atoms with Crippen molar-refractivity contribution in [2.45, 2.75) is 13.3 Å². The number of imidazole rings is 1. The van der Waals surface area contributed by atoms with E-state index in [9.17, 15) is 4.79 Å². The van der Waals surface area contributed by atoms with E-state index < -0.39 is 5.63 Å². The third-order valence-corrected chi connectivity index (χ3v) is 4.85. The number of para-hydroxylation sites is 1. The van der Waals surface area contributed by atoms with Crippen LogP contribution in [-0.2, 0) is 6.42 Å². The number of hydrogen-bond donors (Lipinski definition) is 1. The van der Waals surface area contributed by atoms with Crippen LogP contribution in [0.3, 0.4) is 0 Å². The summed E-state index contributed by atoms with van der Waals surface area (Å²) in [6, 6.07) is 15.4. The number of benzene rings is 2. The summed E-state index contributed by atoms with van der Waals surface area (Å²) in [7, 11) is 1.55. The van der Waals surface area contributed by atoms with Gasteiger partial charge in [0.15, 0.2) is 16.1 Å². The van der Waals surface area contributed by atoms with Crippen LogP contribution in [0.25, 0.3) is 27.9 Å². The van der Waals surface area contributed by atoms with Gasteiger partial charge in [0.1, 0.15) is 0 Å². The highest BCUT2D eigenvalue weighted by Gasteiger charge is 2.13. The number of aryl methyl sites for hydroxylation is 1. The maximum absolute atomic E-state index is 12.6. The minimum Gasteiger partial charge on any atom is -0.493 e. The van der Waals surface area contributed by atoms with E-state index in [2.05, 4.69) is 24.0 Å². The largest absolute Gasteiger partial charge is 0.493 e. The van der Waals surface area contributed by atoms with E-state index in [1.165, 1.54) is 5.56 Å². The zero-order chi connectivity index (χ0) is 19.0. The zero-order valence-corrected chi connectivity index (χ0v) is 15.8. The number of H-pyrrole nitrogens is 1. The van der Waals surface area contributed by atoms with Crippen molar-refractivity contribution in [3.8, 4) is 22.7 Å². The van der Waals surface area contributed by atoms with Gasteiger partial charge in [-0.2, -0.15) is 0 Å². The van der Waals surface area contributed by atoms with Gasteiger partial charge >= 0.3 is 5.63 Å². The minimum atomic E-state index is -0.447. The van der Waals surface area contributed by atoms with Gasteiger partial charge < -0.3 is 14.1 Å². The molecular weight excluding hydrogens is 360 g/mol. The molecule has 5 nitrogen and oxygen atoms in total. The van der Waals surface area contributed by atoms with Crippen LogP contribution < -0.4 is 10.4 Å². The summed E-state index contributed by atoms with van der Waals surface area (Å²) in [5, 5.41) is 0.781. The Balaban J connectivity index is 1.86. The Hall–Kier alpha value is -3.12. The van der Waals surface area contributed by atoms with Crippen molar-refractivity contribution in [2.75, 3.05) is 7.11 Å². The van der Waals surface area contributed by atoms with Crippen molar-refractivity contribution >= 4 is 23.2 Å². The molecule has 0 atom stereocenters. The number of rotatable bonds is 4. The average molecular weight is 378 g/mol. The lowest BCUT2D eigenvalue weighted by molar-refractivity contribution is 0.407. The molecule has 27 heavy (non-hydrogen) atoms. The van der Waals surface area contributed by atoms with Crippen LogP contribution in [0, 0.1) is 4.77 Å². The van der Waals surface area contributed by atoms with Crippen LogP contribution in [0.4, 0.5) is 0 Å². The first-order chi connectivity index (χ1) is 13.1. The monoisotopic (exact) mass is 378 g/mol. The number of nitrogens with zero attached hydrogens (tertiary/aromatic N) is 1. The summed E-state index contributed by atoms with van der Waals surface area (Å²) in [5.41, 5.74) is 3.19. The topological polar surface area (TPSA) is 60.2 Å². The Kier molecular flexibility index (Phi) is 4.41. The van der Waals surface area contributed by atoms with Gasteiger partial charge in [-0.3, -0.25) is 4.57 Å². The summed E-state index contributed by atoms with van der Waals surface area (Å²) >= 11 is 5.47. The molecule has 0 spiro atoms. The molecule has 0 aliphatic rings. The van der Waals surface area contributed by atoms with Crippen LogP contribution in [-0.4, -0.2) is 16.7 Å². The molecule has 0 fully saturated rings. The Morgan fingerprint density at radius 1 is 1.19 bits per heavy atom. The summed E-state index contributed by atoms with van der Waals surface area (Å²) in [6.07, 6.45) is 2.77. The number of fused-ring (bicyclic) bond motifs is 1. The van der Waals surface area contributed by atoms with Crippen molar-refractivity contribution < 1.29 is 9.15 Å². The summed E-state index contributed by atoms with van der Waals surface area (Å²) in [4.78, 5) is 15.7. The predicted molar refractivity (Wildman–Crippen MR) is 108 cm³/mol. The summed E-state index contributed by atoms with van der Waals surface area (Å²) in [6.45, 7) is 2.11. The average Bonchev–Trinajstić information content (AvgIpc) is 3.08. The fraction of sp³-hybridized carbons (Fsp3) is 0.143. The van der Waals surface area contributed by atoms with E-state index in [0.717, 1.165) is 17.5 Å². The highest BCUT2D eigenvalue weighted by Crippen LogP contribution is 2.27. The molecule has 136 valence electrons. The molecule has 0 amide bonds. The van der Waals surface area contributed by atoms with E-state index in [0.29, 0.717) is 27.4 Å². The first-order valence-electron chi connectivity index (χ1n) is 8.63. The molecule has 0 saturated heterocycles. The van der Waals surface area contributed by atoms with Crippen molar-refractivity contribution in [3.05, 3.63) is 75.5 Å². The molecule has 0 bridgehead atoms. The van der Waals surface area contributed by atoms with E-state index in [-0.39, 0.29) is 0 Å². The predicted octanol–water partition coefficient (Wildman–Crippen LogP) is 4.88. The van der Waals surface area contributed by atoms with Gasteiger partial charge in [-0.05, 0) is 48.5 Å². The van der Waals surface area contributed by atoms with Crippen molar-refractivity contribution in [2.24, 2.45) is 0 Å². The second-order valence-electron chi connectivity index (χ2n) is 6.19. The molecule has 6 heteroatoms. The van der Waals surface area contributed by atoms with Crippen LogP contribution in [0.2, 0.25) is 0 Å². The number of hydrogen-bond acceptors (Lipinski definition) is 4. The molecule has 1 N–H and O–H groups in total. The number of nitrogens with one attached hydrogen (secondary N) is 1. The van der Waals surface area contributed by atoms with E-state index in [1.807, 2.05) is 35.0 Å². The Morgan fingerprint density at radius 3 is 2.78 bits per heavy atom. The third kappa shape index (κ3) is 3.08. The SMILES string of the molecule is CCc1cccc(-n2cc(-c3cc4cccc(OC)c4oc3=O)[nH]c2=S)c1. The van der Waals surface area contributed by atoms with Crippen LogP contribution in [0.15, 0.2) is 63.9 Å². The number of ether oxygens (including phenoxy) is 1.